The lowest BCUT2D eigenvalue weighted by atomic mass is 10.1. The van der Waals surface area contributed by atoms with E-state index in [0.717, 1.165) is 18.5 Å². The largest absolute Gasteiger partial charge is 0.493 e. The van der Waals surface area contributed by atoms with Crippen LogP contribution in [0.3, 0.4) is 0 Å². The molecule has 22 heavy (non-hydrogen) atoms. The van der Waals surface area contributed by atoms with Crippen LogP contribution in [0.1, 0.15) is 18.9 Å². The monoisotopic (exact) mass is 370 g/mol. The second-order valence-electron chi connectivity index (χ2n) is 5.34. The molecule has 1 aliphatic heterocycles. The van der Waals surface area contributed by atoms with Gasteiger partial charge >= 0.3 is 0 Å². The fraction of sp³-hybridized carbons (Fsp3) is 0.562. The van der Waals surface area contributed by atoms with Gasteiger partial charge in [-0.2, -0.15) is 0 Å². The third-order valence-corrected chi connectivity index (χ3v) is 4.59. The van der Waals surface area contributed by atoms with E-state index in [1.54, 1.807) is 14.2 Å². The molecule has 1 aromatic rings. The summed E-state index contributed by atoms with van der Waals surface area (Å²) in [6.45, 7) is 4.09. The number of alkyl halides is 1. The highest BCUT2D eigenvalue weighted by Gasteiger charge is 2.30. The molecule has 6 heteroatoms. The van der Waals surface area contributed by atoms with Gasteiger partial charge in [0, 0.05) is 24.5 Å². The van der Waals surface area contributed by atoms with Crippen LogP contribution in [0.25, 0.3) is 0 Å². The average molecular weight is 371 g/mol. The van der Waals surface area contributed by atoms with E-state index in [0.29, 0.717) is 29.4 Å². The SMILES string of the molecule is CCN(Cc1ccc(OC)c(OC)c1)C(=O)C1CC(Br)CN1. The minimum absolute atomic E-state index is 0.0931. The van der Waals surface area contributed by atoms with E-state index >= 15 is 0 Å². The van der Waals surface area contributed by atoms with Crippen molar-refractivity contribution < 1.29 is 14.3 Å². The van der Waals surface area contributed by atoms with Crippen LogP contribution in [0.5, 0.6) is 11.5 Å². The summed E-state index contributed by atoms with van der Waals surface area (Å²) in [7, 11) is 3.23. The number of nitrogens with one attached hydrogen (secondary N) is 1. The zero-order valence-corrected chi connectivity index (χ0v) is 14.9. The van der Waals surface area contributed by atoms with Gasteiger partial charge in [-0.25, -0.2) is 0 Å². The van der Waals surface area contributed by atoms with Crippen molar-refractivity contribution in [1.29, 1.82) is 0 Å². The van der Waals surface area contributed by atoms with Crippen LogP contribution in [-0.2, 0) is 11.3 Å². The minimum atomic E-state index is -0.0931. The minimum Gasteiger partial charge on any atom is -0.493 e. The summed E-state index contributed by atoms with van der Waals surface area (Å²) >= 11 is 3.56. The van der Waals surface area contributed by atoms with Crippen molar-refractivity contribution in [2.24, 2.45) is 0 Å². The normalized spacial score (nSPS) is 20.7. The maximum atomic E-state index is 12.6. The lowest BCUT2D eigenvalue weighted by Gasteiger charge is -2.24. The van der Waals surface area contributed by atoms with E-state index in [-0.39, 0.29) is 11.9 Å². The zero-order valence-electron chi connectivity index (χ0n) is 13.3. The van der Waals surface area contributed by atoms with Crippen LogP contribution in [0, 0.1) is 0 Å². The third-order valence-electron chi connectivity index (χ3n) is 3.89. The van der Waals surface area contributed by atoms with Gasteiger partial charge in [-0.05, 0) is 31.0 Å². The highest BCUT2D eigenvalue weighted by atomic mass is 79.9. The van der Waals surface area contributed by atoms with Gasteiger partial charge in [0.1, 0.15) is 0 Å². The predicted octanol–water partition coefficient (Wildman–Crippen LogP) is 2.18. The molecule has 1 amide bonds. The molecule has 1 saturated heterocycles. The molecule has 0 aromatic heterocycles. The Bertz CT molecular complexity index is 524. The van der Waals surface area contributed by atoms with Gasteiger partial charge in [-0.15, -0.1) is 0 Å². The number of nitrogens with zero attached hydrogens (tertiary/aromatic N) is 1. The number of benzene rings is 1. The van der Waals surface area contributed by atoms with Crippen LogP contribution >= 0.6 is 15.9 Å². The maximum absolute atomic E-state index is 12.6. The average Bonchev–Trinajstić information content (AvgIpc) is 2.98. The Labute approximate surface area is 140 Å². The topological polar surface area (TPSA) is 50.8 Å². The van der Waals surface area contributed by atoms with Gasteiger partial charge in [0.2, 0.25) is 5.91 Å². The van der Waals surface area contributed by atoms with Gasteiger partial charge in [0.25, 0.3) is 0 Å². The summed E-state index contributed by atoms with van der Waals surface area (Å²) in [6.07, 6.45) is 0.835. The number of ether oxygens (including phenoxy) is 2. The number of hydrogen-bond donors (Lipinski definition) is 1. The van der Waals surface area contributed by atoms with Crippen molar-refractivity contribution in [3.05, 3.63) is 23.8 Å². The first-order valence-electron chi connectivity index (χ1n) is 7.46. The fourth-order valence-electron chi connectivity index (χ4n) is 2.65. The molecule has 1 fully saturated rings. The molecule has 2 rings (SSSR count). The van der Waals surface area contributed by atoms with E-state index in [1.165, 1.54) is 0 Å². The Balaban J connectivity index is 2.08. The molecule has 2 atom stereocenters. The molecule has 0 aliphatic carbocycles. The van der Waals surface area contributed by atoms with Gasteiger partial charge in [0.15, 0.2) is 11.5 Å². The summed E-state index contributed by atoms with van der Waals surface area (Å²) in [5.41, 5.74) is 1.03. The van der Waals surface area contributed by atoms with Crippen molar-refractivity contribution in [3.8, 4) is 11.5 Å². The highest BCUT2D eigenvalue weighted by molar-refractivity contribution is 9.09. The Morgan fingerprint density at radius 1 is 1.36 bits per heavy atom. The van der Waals surface area contributed by atoms with E-state index < -0.39 is 0 Å². The predicted molar refractivity (Wildman–Crippen MR) is 89.8 cm³/mol. The van der Waals surface area contributed by atoms with Crippen LogP contribution in [-0.4, -0.2) is 49.0 Å². The van der Waals surface area contributed by atoms with Crippen LogP contribution in [0.15, 0.2) is 18.2 Å². The summed E-state index contributed by atoms with van der Waals surface area (Å²) < 4.78 is 10.6. The molecule has 0 bridgehead atoms. The molecule has 0 spiro atoms. The second kappa shape index (κ2) is 7.83. The van der Waals surface area contributed by atoms with E-state index in [1.807, 2.05) is 30.0 Å². The van der Waals surface area contributed by atoms with Gasteiger partial charge in [-0.1, -0.05) is 22.0 Å². The standard InChI is InChI=1S/C16H23BrN2O3/c1-4-19(16(20)13-8-12(17)9-18-13)10-11-5-6-14(21-2)15(7-11)22-3/h5-7,12-13,18H,4,8-10H2,1-3H3. The Hall–Kier alpha value is -1.27. The molecule has 2 unspecified atom stereocenters. The number of amides is 1. The number of rotatable bonds is 6. The molecular weight excluding hydrogens is 348 g/mol. The Kier molecular flexibility index (Phi) is 6.08. The van der Waals surface area contributed by atoms with Crippen LogP contribution < -0.4 is 14.8 Å². The maximum Gasteiger partial charge on any atom is 0.240 e. The number of carbonyl (C=O) groups is 1. The summed E-state index contributed by atoms with van der Waals surface area (Å²) in [4.78, 5) is 14.8. The highest BCUT2D eigenvalue weighted by Crippen LogP contribution is 2.28. The zero-order chi connectivity index (χ0) is 16.1. The van der Waals surface area contributed by atoms with Crippen molar-refractivity contribution in [1.82, 2.24) is 10.2 Å². The molecular formula is C16H23BrN2O3. The van der Waals surface area contributed by atoms with E-state index in [2.05, 4.69) is 21.2 Å². The van der Waals surface area contributed by atoms with Crippen LogP contribution in [0.2, 0.25) is 0 Å². The first kappa shape index (κ1) is 17.1. The summed E-state index contributed by atoms with van der Waals surface area (Å²) in [5, 5.41) is 3.26. The first-order valence-corrected chi connectivity index (χ1v) is 8.37. The smallest absolute Gasteiger partial charge is 0.240 e. The third kappa shape index (κ3) is 3.93. The van der Waals surface area contributed by atoms with E-state index in [9.17, 15) is 4.79 Å². The summed E-state index contributed by atoms with van der Waals surface area (Å²) in [6, 6.07) is 5.66. The van der Waals surface area contributed by atoms with Crippen molar-refractivity contribution in [2.75, 3.05) is 27.3 Å². The van der Waals surface area contributed by atoms with Gasteiger partial charge in [0.05, 0.1) is 20.3 Å². The van der Waals surface area contributed by atoms with Crippen molar-refractivity contribution in [3.63, 3.8) is 0 Å². The van der Waals surface area contributed by atoms with Crippen molar-refractivity contribution in [2.45, 2.75) is 30.8 Å². The van der Waals surface area contributed by atoms with Crippen molar-refractivity contribution >= 4 is 21.8 Å². The number of likely N-dealkylation sites (N-methyl/N-ethyl adjacent to an activating group) is 1. The second-order valence-corrected chi connectivity index (χ2v) is 6.63. The molecule has 5 nitrogen and oxygen atoms in total. The quantitative estimate of drug-likeness (QED) is 0.779. The van der Waals surface area contributed by atoms with Gasteiger partial charge < -0.3 is 19.7 Å². The molecule has 122 valence electrons. The molecule has 1 aromatic carbocycles. The lowest BCUT2D eigenvalue weighted by molar-refractivity contribution is -0.133. The molecule has 0 saturated carbocycles. The Morgan fingerprint density at radius 3 is 2.64 bits per heavy atom. The van der Waals surface area contributed by atoms with Gasteiger partial charge in [-0.3, -0.25) is 4.79 Å². The number of methoxy groups -OCH3 is 2. The Morgan fingerprint density at radius 2 is 2.09 bits per heavy atom. The fourth-order valence-corrected chi connectivity index (χ4v) is 3.21. The first-order chi connectivity index (χ1) is 10.6. The van der Waals surface area contributed by atoms with Crippen LogP contribution in [0.4, 0.5) is 0 Å². The van der Waals surface area contributed by atoms with E-state index in [4.69, 9.17) is 9.47 Å². The molecule has 1 heterocycles. The molecule has 1 N–H and O–H groups in total. The number of carbonyl (C=O) groups excluding carboxylic acids is 1. The number of halogens is 1. The summed E-state index contributed by atoms with van der Waals surface area (Å²) in [5.74, 6) is 1.53. The lowest BCUT2D eigenvalue weighted by Crippen LogP contribution is -2.43. The number of hydrogen-bond acceptors (Lipinski definition) is 4. The molecule has 0 radical (unpaired) electrons. The molecule has 1 aliphatic rings.